The Morgan fingerprint density at radius 1 is 1.55 bits per heavy atom. The average molecular weight is 158 g/mol. The van der Waals surface area contributed by atoms with Crippen molar-refractivity contribution in [2.45, 2.75) is 45.2 Å². The van der Waals surface area contributed by atoms with Gasteiger partial charge in [0, 0.05) is 12.3 Å². The van der Waals surface area contributed by atoms with Gasteiger partial charge in [0.15, 0.2) is 0 Å². The first kappa shape index (κ1) is 8.69. The minimum absolute atomic E-state index is 0.0109. The maximum Gasteiger partial charge on any atom is 0.138 e. The molecule has 0 saturated heterocycles. The van der Waals surface area contributed by atoms with Gasteiger partial charge in [-0.2, -0.15) is 0 Å². The van der Waals surface area contributed by atoms with E-state index in [0.717, 1.165) is 6.42 Å². The Morgan fingerprint density at radius 2 is 2.09 bits per heavy atom. The van der Waals surface area contributed by atoms with Gasteiger partial charge in [0.2, 0.25) is 0 Å². The van der Waals surface area contributed by atoms with E-state index >= 15 is 0 Å². The predicted molar refractivity (Wildman–Crippen MR) is 42.2 cm³/mol. The molecule has 0 radical (unpaired) electrons. The number of ketones is 1. The van der Waals surface area contributed by atoms with Crippen molar-refractivity contribution < 1.29 is 9.18 Å². The van der Waals surface area contributed by atoms with Crippen LogP contribution in [0.15, 0.2) is 0 Å². The van der Waals surface area contributed by atoms with Gasteiger partial charge in [0.05, 0.1) is 0 Å². The molecule has 0 heterocycles. The fraction of sp³-hybridized carbons (Fsp3) is 0.889. The lowest BCUT2D eigenvalue weighted by molar-refractivity contribution is -0.126. The minimum atomic E-state index is -1.12. The van der Waals surface area contributed by atoms with Crippen LogP contribution in [0.3, 0.4) is 0 Å². The van der Waals surface area contributed by atoms with E-state index in [1.165, 1.54) is 0 Å². The lowest BCUT2D eigenvalue weighted by Gasteiger charge is -2.33. The molecule has 0 aromatic rings. The molecule has 0 bridgehead atoms. The van der Waals surface area contributed by atoms with E-state index in [0.29, 0.717) is 12.8 Å². The Labute approximate surface area is 67.0 Å². The third kappa shape index (κ3) is 2.01. The molecule has 0 unspecified atom stereocenters. The molecule has 1 aliphatic rings. The van der Waals surface area contributed by atoms with Crippen molar-refractivity contribution in [3.05, 3.63) is 0 Å². The molecule has 1 saturated carbocycles. The topological polar surface area (TPSA) is 17.1 Å². The zero-order valence-corrected chi connectivity index (χ0v) is 7.19. The van der Waals surface area contributed by atoms with E-state index in [2.05, 4.69) is 0 Å². The Hall–Kier alpha value is -0.400. The molecular formula is C9H15FO. The second-order valence-electron chi connectivity index (χ2n) is 3.80. The van der Waals surface area contributed by atoms with Crippen molar-refractivity contribution in [1.29, 1.82) is 0 Å². The fourth-order valence-corrected chi connectivity index (χ4v) is 1.25. The lowest BCUT2D eigenvalue weighted by Crippen LogP contribution is -2.35. The van der Waals surface area contributed by atoms with E-state index < -0.39 is 5.67 Å². The van der Waals surface area contributed by atoms with Crippen LogP contribution in [0, 0.1) is 5.92 Å². The van der Waals surface area contributed by atoms with Crippen molar-refractivity contribution in [2.75, 3.05) is 0 Å². The molecule has 1 fully saturated rings. The third-order valence-electron chi connectivity index (χ3n) is 2.38. The van der Waals surface area contributed by atoms with Crippen LogP contribution < -0.4 is 0 Å². The number of Topliss-reactive ketones (excluding diaryl/α,β-unsaturated/α-hetero) is 1. The van der Waals surface area contributed by atoms with Crippen molar-refractivity contribution in [3.63, 3.8) is 0 Å². The normalized spacial score (nSPS) is 21.5. The van der Waals surface area contributed by atoms with E-state index in [9.17, 15) is 9.18 Å². The number of rotatable bonds is 3. The summed E-state index contributed by atoms with van der Waals surface area (Å²) in [6.07, 6.45) is 2.27. The Bertz CT molecular complexity index is 159. The number of halogens is 1. The van der Waals surface area contributed by atoms with Crippen LogP contribution in [0.2, 0.25) is 0 Å². The molecule has 0 spiro atoms. The van der Waals surface area contributed by atoms with Crippen LogP contribution >= 0.6 is 0 Å². The first-order chi connectivity index (χ1) is 5.03. The highest BCUT2D eigenvalue weighted by Gasteiger charge is 2.39. The average Bonchev–Trinajstić information content (AvgIpc) is 1.84. The maximum absolute atomic E-state index is 13.3. The molecule has 0 aromatic carbocycles. The van der Waals surface area contributed by atoms with Crippen LogP contribution in [0.4, 0.5) is 4.39 Å². The fourth-order valence-electron chi connectivity index (χ4n) is 1.25. The zero-order valence-electron chi connectivity index (χ0n) is 7.19. The van der Waals surface area contributed by atoms with E-state index in [1.807, 2.05) is 13.8 Å². The smallest absolute Gasteiger partial charge is 0.138 e. The van der Waals surface area contributed by atoms with Crippen molar-refractivity contribution in [2.24, 2.45) is 5.92 Å². The standard InChI is InChI=1S/C9H15FO/c1-7(2)8(11)6-9(10)4-3-5-9/h7H,3-6H2,1-2H3. The van der Waals surface area contributed by atoms with Gasteiger partial charge >= 0.3 is 0 Å². The summed E-state index contributed by atoms with van der Waals surface area (Å²) in [5.41, 5.74) is -1.12. The summed E-state index contributed by atoms with van der Waals surface area (Å²) in [6, 6.07) is 0. The highest BCUT2D eigenvalue weighted by Crippen LogP contribution is 2.39. The predicted octanol–water partition coefficient (Wildman–Crippen LogP) is 2.49. The molecule has 1 nitrogen and oxygen atoms in total. The van der Waals surface area contributed by atoms with Gasteiger partial charge < -0.3 is 0 Å². The largest absolute Gasteiger partial charge is 0.299 e. The Morgan fingerprint density at radius 3 is 2.36 bits per heavy atom. The van der Waals surface area contributed by atoms with E-state index in [-0.39, 0.29) is 18.1 Å². The van der Waals surface area contributed by atoms with Gasteiger partial charge in [0.25, 0.3) is 0 Å². The van der Waals surface area contributed by atoms with Crippen LogP contribution in [0.5, 0.6) is 0 Å². The van der Waals surface area contributed by atoms with Gasteiger partial charge in [0.1, 0.15) is 11.5 Å². The minimum Gasteiger partial charge on any atom is -0.299 e. The quantitative estimate of drug-likeness (QED) is 0.616. The van der Waals surface area contributed by atoms with Gasteiger partial charge in [-0.05, 0) is 19.3 Å². The Balaban J connectivity index is 2.35. The molecular weight excluding hydrogens is 143 g/mol. The van der Waals surface area contributed by atoms with Crippen LogP contribution in [-0.2, 0) is 4.79 Å². The SMILES string of the molecule is CC(C)C(=O)CC1(F)CCC1. The number of hydrogen-bond donors (Lipinski definition) is 0. The van der Waals surface area contributed by atoms with Crippen LogP contribution in [0.25, 0.3) is 0 Å². The lowest BCUT2D eigenvalue weighted by atomic mass is 9.77. The summed E-state index contributed by atoms with van der Waals surface area (Å²) in [5.74, 6) is 0.0513. The van der Waals surface area contributed by atoms with Gasteiger partial charge in [-0.25, -0.2) is 4.39 Å². The summed E-state index contributed by atoms with van der Waals surface area (Å²) in [4.78, 5) is 11.1. The van der Waals surface area contributed by atoms with Gasteiger partial charge in [-0.1, -0.05) is 13.8 Å². The summed E-state index contributed by atoms with van der Waals surface area (Å²) in [5, 5.41) is 0. The third-order valence-corrected chi connectivity index (χ3v) is 2.38. The van der Waals surface area contributed by atoms with Crippen molar-refractivity contribution in [3.8, 4) is 0 Å². The van der Waals surface area contributed by atoms with E-state index in [4.69, 9.17) is 0 Å². The zero-order chi connectivity index (χ0) is 8.48. The summed E-state index contributed by atoms with van der Waals surface area (Å²) in [7, 11) is 0. The second-order valence-corrected chi connectivity index (χ2v) is 3.80. The van der Waals surface area contributed by atoms with Gasteiger partial charge in [-0.15, -0.1) is 0 Å². The molecule has 0 aliphatic heterocycles. The molecule has 0 atom stereocenters. The number of carbonyl (C=O) groups is 1. The van der Waals surface area contributed by atoms with Crippen LogP contribution in [0.1, 0.15) is 39.5 Å². The number of alkyl halides is 1. The monoisotopic (exact) mass is 158 g/mol. The maximum atomic E-state index is 13.3. The summed E-state index contributed by atoms with van der Waals surface area (Å²) < 4.78 is 13.3. The number of hydrogen-bond acceptors (Lipinski definition) is 1. The highest BCUT2D eigenvalue weighted by molar-refractivity contribution is 5.81. The first-order valence-corrected chi connectivity index (χ1v) is 4.25. The summed E-state index contributed by atoms with van der Waals surface area (Å²) >= 11 is 0. The summed E-state index contributed by atoms with van der Waals surface area (Å²) in [6.45, 7) is 3.65. The molecule has 1 aliphatic carbocycles. The Kier molecular flexibility index (Phi) is 2.31. The first-order valence-electron chi connectivity index (χ1n) is 4.25. The number of carbonyl (C=O) groups excluding carboxylic acids is 1. The molecule has 0 aromatic heterocycles. The van der Waals surface area contributed by atoms with E-state index in [1.54, 1.807) is 0 Å². The van der Waals surface area contributed by atoms with Gasteiger partial charge in [-0.3, -0.25) is 4.79 Å². The molecule has 1 rings (SSSR count). The van der Waals surface area contributed by atoms with Crippen molar-refractivity contribution >= 4 is 5.78 Å². The molecule has 11 heavy (non-hydrogen) atoms. The molecule has 2 heteroatoms. The van der Waals surface area contributed by atoms with Crippen molar-refractivity contribution in [1.82, 2.24) is 0 Å². The van der Waals surface area contributed by atoms with Crippen LogP contribution in [-0.4, -0.2) is 11.5 Å². The molecule has 0 amide bonds. The molecule has 64 valence electrons. The molecule has 0 N–H and O–H groups in total. The second kappa shape index (κ2) is 2.92. The highest BCUT2D eigenvalue weighted by atomic mass is 19.1.